The van der Waals surface area contributed by atoms with Crippen LogP contribution in [-0.2, 0) is 14.3 Å². The Hall–Kier alpha value is -3.07. The van der Waals surface area contributed by atoms with Gasteiger partial charge in [0.15, 0.2) is 29.6 Å². The maximum absolute atomic E-state index is 12.0. The van der Waals surface area contributed by atoms with E-state index in [2.05, 4.69) is 5.32 Å². The van der Waals surface area contributed by atoms with Crippen LogP contribution in [0.25, 0.3) is 0 Å². The molecule has 2 aromatic carbocycles. The Balaban J connectivity index is 1.22. The number of esters is 1. The summed E-state index contributed by atoms with van der Waals surface area (Å²) in [4.78, 5) is 24.8. The molecule has 0 saturated carbocycles. The van der Waals surface area contributed by atoms with E-state index in [4.69, 9.17) is 23.7 Å². The van der Waals surface area contributed by atoms with Crippen LogP contribution >= 0.6 is 11.8 Å². The second-order valence-electron chi connectivity index (χ2n) is 6.16. The average molecular weight is 417 g/mol. The molecule has 0 fully saturated rings. The number of rotatable bonds is 6. The van der Waals surface area contributed by atoms with E-state index in [1.54, 1.807) is 18.2 Å². The predicted molar refractivity (Wildman–Crippen MR) is 105 cm³/mol. The number of fused-ring (bicyclic) bond motifs is 2. The van der Waals surface area contributed by atoms with Crippen molar-refractivity contribution in [2.45, 2.75) is 4.90 Å². The Kier molecular flexibility index (Phi) is 5.95. The van der Waals surface area contributed by atoms with Crippen molar-refractivity contribution in [3.05, 3.63) is 36.4 Å². The molecule has 2 aliphatic heterocycles. The molecule has 1 amide bonds. The SMILES string of the molecule is O=C(COC(=O)CSc1ccc2c(c1)OCCO2)Nc1ccc2c(c1)OCCO2. The molecule has 0 aliphatic carbocycles. The number of carbonyl (C=O) groups excluding carboxylic acids is 2. The van der Waals surface area contributed by atoms with E-state index < -0.39 is 11.9 Å². The largest absolute Gasteiger partial charge is 0.486 e. The number of carbonyl (C=O) groups is 2. The lowest BCUT2D eigenvalue weighted by atomic mass is 10.2. The van der Waals surface area contributed by atoms with Gasteiger partial charge < -0.3 is 29.0 Å². The number of benzene rings is 2. The minimum absolute atomic E-state index is 0.0803. The Labute approximate surface area is 171 Å². The zero-order chi connectivity index (χ0) is 20.1. The first-order valence-corrected chi connectivity index (χ1v) is 10.0. The molecular formula is C20H19NO7S. The smallest absolute Gasteiger partial charge is 0.316 e. The third kappa shape index (κ3) is 5.05. The number of amides is 1. The number of nitrogens with one attached hydrogen (secondary N) is 1. The number of thioether (sulfide) groups is 1. The maximum Gasteiger partial charge on any atom is 0.316 e. The third-order valence-electron chi connectivity index (χ3n) is 4.06. The van der Waals surface area contributed by atoms with E-state index in [1.165, 1.54) is 11.8 Å². The highest BCUT2D eigenvalue weighted by Crippen LogP contribution is 2.34. The van der Waals surface area contributed by atoms with Gasteiger partial charge in [0.05, 0.1) is 5.75 Å². The summed E-state index contributed by atoms with van der Waals surface area (Å²) in [7, 11) is 0. The highest BCUT2D eigenvalue weighted by Gasteiger charge is 2.15. The summed E-state index contributed by atoms with van der Waals surface area (Å²) in [6.07, 6.45) is 0. The molecule has 0 radical (unpaired) electrons. The van der Waals surface area contributed by atoms with Crippen LogP contribution in [0.5, 0.6) is 23.0 Å². The minimum atomic E-state index is -0.484. The monoisotopic (exact) mass is 417 g/mol. The van der Waals surface area contributed by atoms with Crippen molar-refractivity contribution < 1.29 is 33.3 Å². The van der Waals surface area contributed by atoms with Gasteiger partial charge in [0.2, 0.25) is 0 Å². The second kappa shape index (κ2) is 8.95. The van der Waals surface area contributed by atoms with E-state index in [-0.39, 0.29) is 12.4 Å². The van der Waals surface area contributed by atoms with Crippen LogP contribution in [0.1, 0.15) is 0 Å². The lowest BCUT2D eigenvalue weighted by Gasteiger charge is -2.19. The lowest BCUT2D eigenvalue weighted by Crippen LogP contribution is -2.22. The molecule has 2 aromatic rings. The van der Waals surface area contributed by atoms with Gasteiger partial charge in [0.1, 0.15) is 26.4 Å². The molecule has 0 unspecified atom stereocenters. The Bertz CT molecular complexity index is 918. The van der Waals surface area contributed by atoms with Gasteiger partial charge in [-0.1, -0.05) is 0 Å². The highest BCUT2D eigenvalue weighted by molar-refractivity contribution is 8.00. The summed E-state index contributed by atoms with van der Waals surface area (Å²) in [5.74, 6) is 1.73. The fourth-order valence-corrected chi connectivity index (χ4v) is 3.48. The summed E-state index contributed by atoms with van der Waals surface area (Å²) >= 11 is 1.30. The van der Waals surface area contributed by atoms with Crippen molar-refractivity contribution in [1.82, 2.24) is 0 Å². The van der Waals surface area contributed by atoms with Gasteiger partial charge in [0.25, 0.3) is 5.91 Å². The van der Waals surface area contributed by atoms with Crippen LogP contribution in [0.4, 0.5) is 5.69 Å². The molecular weight excluding hydrogens is 398 g/mol. The Morgan fingerprint density at radius 2 is 1.48 bits per heavy atom. The number of hydrogen-bond donors (Lipinski definition) is 1. The summed E-state index contributed by atoms with van der Waals surface area (Å²) < 4.78 is 26.9. The molecule has 2 heterocycles. The molecule has 2 aliphatic rings. The number of anilines is 1. The van der Waals surface area contributed by atoms with Crippen molar-refractivity contribution >= 4 is 29.3 Å². The zero-order valence-corrected chi connectivity index (χ0v) is 16.3. The highest BCUT2D eigenvalue weighted by atomic mass is 32.2. The van der Waals surface area contributed by atoms with Crippen molar-refractivity contribution in [2.24, 2.45) is 0 Å². The van der Waals surface area contributed by atoms with Gasteiger partial charge in [-0.05, 0) is 30.3 Å². The van der Waals surface area contributed by atoms with E-state index in [9.17, 15) is 9.59 Å². The molecule has 9 heteroatoms. The van der Waals surface area contributed by atoms with E-state index in [1.807, 2.05) is 18.2 Å². The first kappa shape index (κ1) is 19.3. The standard InChI is InChI=1S/C20H19NO7S/c22-19(21-13-1-3-15-17(9-13)26-7-5-24-15)11-28-20(23)12-29-14-2-4-16-18(10-14)27-8-6-25-16/h1-4,9-10H,5-8,11-12H2,(H,21,22). The van der Waals surface area contributed by atoms with Gasteiger partial charge in [-0.15, -0.1) is 11.8 Å². The summed E-state index contributed by atoms with van der Waals surface area (Å²) in [6, 6.07) is 10.6. The molecule has 29 heavy (non-hydrogen) atoms. The van der Waals surface area contributed by atoms with Crippen LogP contribution in [-0.4, -0.2) is 50.7 Å². The van der Waals surface area contributed by atoms with Crippen molar-refractivity contribution in [2.75, 3.05) is 44.1 Å². The number of hydrogen-bond acceptors (Lipinski definition) is 8. The van der Waals surface area contributed by atoms with Gasteiger partial charge in [-0.2, -0.15) is 0 Å². The first-order chi connectivity index (χ1) is 14.2. The molecule has 0 atom stereocenters. The molecule has 4 rings (SSSR count). The van der Waals surface area contributed by atoms with E-state index >= 15 is 0 Å². The van der Waals surface area contributed by atoms with E-state index in [0.717, 1.165) is 4.90 Å². The predicted octanol–water partition coefficient (Wildman–Crippen LogP) is 2.50. The van der Waals surface area contributed by atoms with Gasteiger partial charge in [0, 0.05) is 16.6 Å². The number of ether oxygens (including phenoxy) is 5. The van der Waals surface area contributed by atoms with E-state index in [0.29, 0.717) is 55.1 Å². The quantitative estimate of drug-likeness (QED) is 0.566. The molecule has 152 valence electrons. The topological polar surface area (TPSA) is 92.3 Å². The van der Waals surface area contributed by atoms with Crippen LogP contribution in [0.3, 0.4) is 0 Å². The summed E-state index contributed by atoms with van der Waals surface area (Å²) in [5, 5.41) is 2.67. The Morgan fingerprint density at radius 3 is 2.21 bits per heavy atom. The third-order valence-corrected chi connectivity index (χ3v) is 5.03. The van der Waals surface area contributed by atoms with Crippen LogP contribution in [0.15, 0.2) is 41.3 Å². The molecule has 0 aromatic heterocycles. The lowest BCUT2D eigenvalue weighted by molar-refractivity contribution is -0.144. The molecule has 0 bridgehead atoms. The maximum atomic E-state index is 12.0. The zero-order valence-electron chi connectivity index (χ0n) is 15.5. The fraction of sp³-hybridized carbons (Fsp3) is 0.300. The second-order valence-corrected chi connectivity index (χ2v) is 7.21. The van der Waals surface area contributed by atoms with Gasteiger partial charge >= 0.3 is 5.97 Å². The van der Waals surface area contributed by atoms with Crippen molar-refractivity contribution in [1.29, 1.82) is 0 Å². The molecule has 8 nitrogen and oxygen atoms in total. The Morgan fingerprint density at radius 1 is 0.862 bits per heavy atom. The average Bonchev–Trinajstić information content (AvgIpc) is 2.76. The first-order valence-electron chi connectivity index (χ1n) is 9.05. The van der Waals surface area contributed by atoms with Gasteiger partial charge in [-0.3, -0.25) is 9.59 Å². The normalized spacial score (nSPS) is 14.1. The fourth-order valence-electron chi connectivity index (χ4n) is 2.76. The van der Waals surface area contributed by atoms with Crippen molar-refractivity contribution in [3.8, 4) is 23.0 Å². The minimum Gasteiger partial charge on any atom is -0.486 e. The molecule has 1 N–H and O–H groups in total. The van der Waals surface area contributed by atoms with Crippen LogP contribution in [0.2, 0.25) is 0 Å². The van der Waals surface area contributed by atoms with Crippen molar-refractivity contribution in [3.63, 3.8) is 0 Å². The summed E-state index contributed by atoms with van der Waals surface area (Å²) in [5.41, 5.74) is 0.543. The molecule has 0 saturated heterocycles. The van der Waals surface area contributed by atoms with Crippen LogP contribution in [0, 0.1) is 0 Å². The van der Waals surface area contributed by atoms with Gasteiger partial charge in [-0.25, -0.2) is 0 Å². The molecule has 0 spiro atoms. The van der Waals surface area contributed by atoms with Crippen LogP contribution < -0.4 is 24.3 Å². The summed E-state index contributed by atoms with van der Waals surface area (Å²) in [6.45, 7) is 1.62.